The van der Waals surface area contributed by atoms with Crippen LogP contribution in [0.3, 0.4) is 0 Å². The highest BCUT2D eigenvalue weighted by Gasteiger charge is 2.34. The van der Waals surface area contributed by atoms with Crippen LogP contribution >= 0.6 is 0 Å². The summed E-state index contributed by atoms with van der Waals surface area (Å²) in [5.41, 5.74) is 2.98. The number of aromatic hydroxyl groups is 2. The van der Waals surface area contributed by atoms with Gasteiger partial charge in [0.05, 0.1) is 5.75 Å². The molecule has 28 heavy (non-hydrogen) atoms. The van der Waals surface area contributed by atoms with E-state index in [1.54, 1.807) is 13.0 Å². The Kier molecular flexibility index (Phi) is 7.38. The van der Waals surface area contributed by atoms with E-state index in [1.807, 2.05) is 19.9 Å². The van der Waals surface area contributed by atoms with Gasteiger partial charge in [-0.05, 0) is 57.1 Å². The van der Waals surface area contributed by atoms with Crippen LogP contribution in [0.4, 0.5) is 0 Å². The minimum absolute atomic E-state index is 0.00371. The van der Waals surface area contributed by atoms with Gasteiger partial charge in [0.15, 0.2) is 9.84 Å². The van der Waals surface area contributed by atoms with Crippen LogP contribution in [0.25, 0.3) is 0 Å². The molecule has 1 aliphatic rings. The van der Waals surface area contributed by atoms with Crippen molar-refractivity contribution in [2.45, 2.75) is 77.0 Å². The second-order valence-corrected chi connectivity index (χ2v) is 10.3. The lowest BCUT2D eigenvalue weighted by Gasteiger charge is -2.32. The first kappa shape index (κ1) is 22.5. The van der Waals surface area contributed by atoms with Crippen molar-refractivity contribution in [1.82, 2.24) is 0 Å². The first-order valence-electron chi connectivity index (χ1n) is 10.3. The number of unbranched alkanes of at least 4 members (excludes halogenated alkanes) is 2. The molecule has 2 rings (SSSR count). The first-order chi connectivity index (χ1) is 13.1. The highest BCUT2D eigenvalue weighted by atomic mass is 32.2. The molecule has 1 aromatic rings. The smallest absolute Gasteiger partial charge is 0.182 e. The van der Waals surface area contributed by atoms with E-state index in [9.17, 15) is 18.6 Å². The standard InChI is InChI=1S/C23H34O4S/c1-6-8-9-10-17-14-20(24)21(22(25)23(17)28(26,27)7-2)19-13-16(5)11-12-18(19)15(3)4/h13-14,18-19,24-25H,3,6-12H2,1-2,4-5H3/t18-,19+/m0/s1. The molecule has 1 aromatic carbocycles. The van der Waals surface area contributed by atoms with E-state index in [0.717, 1.165) is 37.7 Å². The summed E-state index contributed by atoms with van der Waals surface area (Å²) >= 11 is 0. The summed E-state index contributed by atoms with van der Waals surface area (Å²) in [4.78, 5) is -0.00371. The molecule has 0 amide bonds. The lowest BCUT2D eigenvalue weighted by molar-refractivity contribution is 0.397. The van der Waals surface area contributed by atoms with Crippen molar-refractivity contribution in [2.24, 2.45) is 5.92 Å². The number of benzene rings is 1. The number of allylic oxidation sites excluding steroid dienone is 3. The predicted octanol–water partition coefficient (Wildman–Crippen LogP) is 5.64. The molecule has 0 fully saturated rings. The third-order valence-electron chi connectivity index (χ3n) is 5.80. The average Bonchev–Trinajstić information content (AvgIpc) is 2.61. The van der Waals surface area contributed by atoms with Gasteiger partial charge in [0, 0.05) is 11.5 Å². The topological polar surface area (TPSA) is 74.6 Å². The summed E-state index contributed by atoms with van der Waals surface area (Å²) < 4.78 is 25.7. The fourth-order valence-corrected chi connectivity index (χ4v) is 5.44. The molecule has 2 N–H and O–H groups in total. The Morgan fingerprint density at radius 1 is 1.25 bits per heavy atom. The van der Waals surface area contributed by atoms with E-state index in [4.69, 9.17) is 0 Å². The molecule has 0 spiro atoms. The number of hydrogen-bond donors (Lipinski definition) is 2. The largest absolute Gasteiger partial charge is 0.507 e. The molecule has 0 aliphatic heterocycles. The van der Waals surface area contributed by atoms with E-state index >= 15 is 0 Å². The van der Waals surface area contributed by atoms with Gasteiger partial charge in [-0.25, -0.2) is 8.42 Å². The average molecular weight is 407 g/mol. The van der Waals surface area contributed by atoms with Crippen molar-refractivity contribution < 1.29 is 18.6 Å². The van der Waals surface area contributed by atoms with Crippen LogP contribution in [-0.4, -0.2) is 24.4 Å². The fourth-order valence-electron chi connectivity index (χ4n) is 4.18. The van der Waals surface area contributed by atoms with Crippen molar-refractivity contribution in [1.29, 1.82) is 0 Å². The van der Waals surface area contributed by atoms with Crippen molar-refractivity contribution in [3.8, 4) is 11.5 Å². The first-order valence-corrected chi connectivity index (χ1v) is 11.9. The van der Waals surface area contributed by atoms with Crippen LogP contribution in [0.2, 0.25) is 0 Å². The Hall–Kier alpha value is -1.75. The van der Waals surface area contributed by atoms with Gasteiger partial charge in [-0.1, -0.05) is 50.5 Å². The van der Waals surface area contributed by atoms with Gasteiger partial charge in [0.1, 0.15) is 16.4 Å². The molecule has 0 bridgehead atoms. The summed E-state index contributed by atoms with van der Waals surface area (Å²) in [7, 11) is -3.63. The van der Waals surface area contributed by atoms with E-state index in [1.165, 1.54) is 5.57 Å². The van der Waals surface area contributed by atoms with Crippen molar-refractivity contribution in [2.75, 3.05) is 5.75 Å². The molecule has 1 aliphatic carbocycles. The van der Waals surface area contributed by atoms with Gasteiger partial charge in [-0.2, -0.15) is 0 Å². The lowest BCUT2D eigenvalue weighted by atomic mass is 9.73. The van der Waals surface area contributed by atoms with Gasteiger partial charge < -0.3 is 10.2 Å². The zero-order valence-electron chi connectivity index (χ0n) is 17.6. The highest BCUT2D eigenvalue weighted by molar-refractivity contribution is 7.91. The van der Waals surface area contributed by atoms with Gasteiger partial charge in [-0.3, -0.25) is 0 Å². The third-order valence-corrected chi connectivity index (χ3v) is 7.64. The van der Waals surface area contributed by atoms with Gasteiger partial charge in [0.2, 0.25) is 0 Å². The Balaban J connectivity index is 2.70. The van der Waals surface area contributed by atoms with E-state index < -0.39 is 9.84 Å². The molecule has 0 aromatic heterocycles. The molecular weight excluding hydrogens is 372 g/mol. The maximum absolute atomic E-state index is 12.8. The second-order valence-electron chi connectivity index (χ2n) is 8.04. The van der Waals surface area contributed by atoms with Crippen LogP contribution < -0.4 is 0 Å². The quantitative estimate of drug-likeness (QED) is 0.433. The molecule has 0 saturated carbocycles. The summed E-state index contributed by atoms with van der Waals surface area (Å²) in [5, 5.41) is 21.9. The monoisotopic (exact) mass is 406 g/mol. The molecule has 4 nitrogen and oxygen atoms in total. The van der Waals surface area contributed by atoms with Gasteiger partial charge in [-0.15, -0.1) is 0 Å². The Morgan fingerprint density at radius 2 is 1.93 bits per heavy atom. The number of rotatable bonds is 8. The van der Waals surface area contributed by atoms with Gasteiger partial charge >= 0.3 is 0 Å². The minimum Gasteiger partial charge on any atom is -0.507 e. The van der Waals surface area contributed by atoms with E-state index in [0.29, 0.717) is 17.5 Å². The number of hydrogen-bond acceptors (Lipinski definition) is 4. The van der Waals surface area contributed by atoms with Crippen molar-refractivity contribution in [3.05, 3.63) is 41.0 Å². The summed E-state index contributed by atoms with van der Waals surface area (Å²) in [6, 6.07) is 1.56. The molecule has 5 heteroatoms. The van der Waals surface area contributed by atoms with Crippen molar-refractivity contribution in [3.63, 3.8) is 0 Å². The number of aryl methyl sites for hydroxylation is 1. The minimum atomic E-state index is -3.63. The van der Waals surface area contributed by atoms with Crippen LogP contribution in [0.1, 0.15) is 76.8 Å². The van der Waals surface area contributed by atoms with Crippen LogP contribution in [0, 0.1) is 5.92 Å². The van der Waals surface area contributed by atoms with E-state index in [2.05, 4.69) is 13.5 Å². The molecule has 0 saturated heterocycles. The maximum atomic E-state index is 12.8. The van der Waals surface area contributed by atoms with Crippen molar-refractivity contribution >= 4 is 9.84 Å². The third kappa shape index (κ3) is 4.62. The maximum Gasteiger partial charge on any atom is 0.182 e. The number of phenols is 2. The molecule has 0 radical (unpaired) electrons. The summed E-state index contributed by atoms with van der Waals surface area (Å²) in [6.45, 7) is 11.7. The molecule has 0 heterocycles. The zero-order chi connectivity index (χ0) is 21.1. The van der Waals surface area contributed by atoms with Crippen LogP contribution in [0.5, 0.6) is 11.5 Å². The molecule has 156 valence electrons. The Labute approximate surface area is 169 Å². The number of phenolic OH excluding ortho intramolecular Hbond substituents is 2. The van der Waals surface area contributed by atoms with E-state index in [-0.39, 0.29) is 34.0 Å². The highest BCUT2D eigenvalue weighted by Crippen LogP contribution is 2.49. The number of sulfone groups is 1. The summed E-state index contributed by atoms with van der Waals surface area (Å²) in [6.07, 6.45) is 7.16. The van der Waals surface area contributed by atoms with Gasteiger partial charge in [0.25, 0.3) is 0 Å². The fraction of sp³-hybridized carbons (Fsp3) is 0.565. The normalized spacial score (nSPS) is 20.1. The van der Waals surface area contributed by atoms with Crippen LogP contribution in [0.15, 0.2) is 34.8 Å². The molecular formula is C23H34O4S. The zero-order valence-corrected chi connectivity index (χ0v) is 18.4. The molecule has 2 atom stereocenters. The SMILES string of the molecule is C=C(C)[C@@H]1CCC(C)=C[C@H]1c1c(O)cc(CCCCC)c(S(=O)(=O)CC)c1O. The Bertz CT molecular complexity index is 865. The van der Waals surface area contributed by atoms with Crippen LogP contribution in [-0.2, 0) is 16.3 Å². The second kappa shape index (κ2) is 9.17. The summed E-state index contributed by atoms with van der Waals surface area (Å²) in [5.74, 6) is -0.614. The predicted molar refractivity (Wildman–Crippen MR) is 115 cm³/mol. The Morgan fingerprint density at radius 3 is 2.50 bits per heavy atom. The lowest BCUT2D eigenvalue weighted by Crippen LogP contribution is -2.18. The molecule has 0 unspecified atom stereocenters.